The van der Waals surface area contributed by atoms with E-state index in [1.807, 2.05) is 0 Å². The number of benzene rings is 1. The van der Waals surface area contributed by atoms with E-state index in [1.165, 1.54) is 6.07 Å². The number of rotatable bonds is 8. The van der Waals surface area contributed by atoms with Gasteiger partial charge in [0.05, 0.1) is 17.1 Å². The summed E-state index contributed by atoms with van der Waals surface area (Å²) in [6.07, 6.45) is 0.411. The molecule has 0 fully saturated rings. The summed E-state index contributed by atoms with van der Waals surface area (Å²) in [6, 6.07) is 3.66. The van der Waals surface area contributed by atoms with Crippen LogP contribution in [0.25, 0.3) is 0 Å². The van der Waals surface area contributed by atoms with Gasteiger partial charge in [0.1, 0.15) is 6.04 Å². The first-order chi connectivity index (χ1) is 9.93. The van der Waals surface area contributed by atoms with Crippen molar-refractivity contribution < 1.29 is 14.7 Å². The fourth-order valence-electron chi connectivity index (χ4n) is 1.61. The van der Waals surface area contributed by atoms with Crippen LogP contribution in [0.4, 0.5) is 5.69 Å². The zero-order valence-corrected chi connectivity index (χ0v) is 12.7. The number of carbonyl (C=O) groups is 2. The molecular weight excluding hydrogens is 317 g/mol. The summed E-state index contributed by atoms with van der Waals surface area (Å²) in [7, 11) is 0. The Hall–Kier alpha value is -1.34. The molecule has 1 atom stereocenters. The molecule has 0 saturated heterocycles. The van der Waals surface area contributed by atoms with E-state index in [2.05, 4.69) is 10.6 Å². The standard InChI is InChI=1S/C13H17Cl2N3O3/c14-8-2-3-9(15)10(6-8)18-12(19)7-11(13(20)21)17-5-1-4-16/h2-3,6,11,17H,1,4-5,7,16H2,(H,18,19)(H,20,21)/t11-/m0/s1. The summed E-state index contributed by atoms with van der Waals surface area (Å²) >= 11 is 11.7. The molecule has 0 unspecified atom stereocenters. The van der Waals surface area contributed by atoms with Gasteiger partial charge in [-0.2, -0.15) is 0 Å². The number of anilines is 1. The van der Waals surface area contributed by atoms with Crippen molar-refractivity contribution in [1.29, 1.82) is 0 Å². The Bertz CT molecular complexity index is 511. The average molecular weight is 334 g/mol. The summed E-state index contributed by atoms with van der Waals surface area (Å²) in [4.78, 5) is 23.0. The van der Waals surface area contributed by atoms with Gasteiger partial charge in [-0.05, 0) is 37.7 Å². The van der Waals surface area contributed by atoms with E-state index in [1.54, 1.807) is 12.1 Å². The molecule has 0 bridgehead atoms. The number of amides is 1. The van der Waals surface area contributed by atoms with Crippen LogP contribution in [0.1, 0.15) is 12.8 Å². The third-order valence-electron chi connectivity index (χ3n) is 2.66. The Kier molecular flexibility index (Phi) is 7.45. The molecule has 0 aliphatic rings. The molecule has 8 heteroatoms. The van der Waals surface area contributed by atoms with Gasteiger partial charge in [-0.15, -0.1) is 0 Å². The minimum atomic E-state index is -1.10. The highest BCUT2D eigenvalue weighted by atomic mass is 35.5. The second-order valence-corrected chi connectivity index (χ2v) is 5.21. The number of carboxylic acids is 1. The number of nitrogens with one attached hydrogen (secondary N) is 2. The maximum Gasteiger partial charge on any atom is 0.321 e. The van der Waals surface area contributed by atoms with Crippen LogP contribution in [0.2, 0.25) is 10.0 Å². The fourth-order valence-corrected chi connectivity index (χ4v) is 1.94. The van der Waals surface area contributed by atoms with Gasteiger partial charge in [-0.25, -0.2) is 0 Å². The van der Waals surface area contributed by atoms with Crippen LogP contribution in [-0.4, -0.2) is 36.1 Å². The Balaban J connectivity index is 2.61. The minimum absolute atomic E-state index is 0.219. The second kappa shape index (κ2) is 8.84. The molecule has 1 aromatic rings. The first-order valence-electron chi connectivity index (χ1n) is 6.35. The van der Waals surface area contributed by atoms with Crippen molar-refractivity contribution in [2.45, 2.75) is 18.9 Å². The highest BCUT2D eigenvalue weighted by molar-refractivity contribution is 6.35. The smallest absolute Gasteiger partial charge is 0.321 e. The number of halogens is 2. The zero-order chi connectivity index (χ0) is 15.8. The average Bonchev–Trinajstić information content (AvgIpc) is 2.42. The fraction of sp³-hybridized carbons (Fsp3) is 0.385. The summed E-state index contributed by atoms with van der Waals surface area (Å²) < 4.78 is 0. The first-order valence-corrected chi connectivity index (χ1v) is 7.10. The lowest BCUT2D eigenvalue weighted by Crippen LogP contribution is -2.40. The van der Waals surface area contributed by atoms with E-state index in [9.17, 15) is 9.59 Å². The van der Waals surface area contributed by atoms with E-state index in [-0.39, 0.29) is 6.42 Å². The van der Waals surface area contributed by atoms with Crippen LogP contribution in [0.5, 0.6) is 0 Å². The lowest BCUT2D eigenvalue weighted by Gasteiger charge is -2.14. The van der Waals surface area contributed by atoms with Gasteiger partial charge >= 0.3 is 5.97 Å². The number of hydrogen-bond acceptors (Lipinski definition) is 4. The first kappa shape index (κ1) is 17.7. The highest BCUT2D eigenvalue weighted by Crippen LogP contribution is 2.25. The number of carbonyl (C=O) groups excluding carboxylic acids is 1. The van der Waals surface area contributed by atoms with E-state index < -0.39 is 17.9 Å². The number of nitrogens with two attached hydrogens (primary N) is 1. The maximum atomic E-state index is 11.9. The van der Waals surface area contributed by atoms with E-state index in [4.69, 9.17) is 34.0 Å². The SMILES string of the molecule is NCCCN[C@@H](CC(=O)Nc1cc(Cl)ccc1Cl)C(=O)O. The van der Waals surface area contributed by atoms with Crippen molar-refractivity contribution in [3.05, 3.63) is 28.2 Å². The summed E-state index contributed by atoms with van der Waals surface area (Å²) in [6.45, 7) is 0.877. The largest absolute Gasteiger partial charge is 0.480 e. The predicted molar refractivity (Wildman–Crippen MR) is 82.8 cm³/mol. The molecule has 116 valence electrons. The van der Waals surface area contributed by atoms with Crippen LogP contribution in [0.3, 0.4) is 0 Å². The monoisotopic (exact) mass is 333 g/mol. The Labute approximate surface area is 132 Å². The number of aliphatic carboxylic acids is 1. The van der Waals surface area contributed by atoms with Gasteiger partial charge in [-0.3, -0.25) is 9.59 Å². The zero-order valence-electron chi connectivity index (χ0n) is 11.2. The van der Waals surface area contributed by atoms with Crippen molar-refractivity contribution in [2.75, 3.05) is 18.4 Å². The van der Waals surface area contributed by atoms with Gasteiger partial charge in [0.25, 0.3) is 0 Å². The third-order valence-corrected chi connectivity index (χ3v) is 3.23. The summed E-state index contributed by atoms with van der Waals surface area (Å²) in [5.74, 6) is -1.56. The van der Waals surface area contributed by atoms with Gasteiger partial charge in [-0.1, -0.05) is 23.2 Å². The second-order valence-electron chi connectivity index (χ2n) is 4.36. The molecule has 0 aliphatic heterocycles. The minimum Gasteiger partial charge on any atom is -0.480 e. The molecule has 0 radical (unpaired) electrons. The molecule has 6 nitrogen and oxygen atoms in total. The van der Waals surface area contributed by atoms with E-state index in [0.717, 1.165) is 0 Å². The molecular formula is C13H17Cl2N3O3. The Morgan fingerprint density at radius 1 is 1.33 bits per heavy atom. The predicted octanol–water partition coefficient (Wildman–Crippen LogP) is 1.71. The van der Waals surface area contributed by atoms with Gasteiger partial charge in [0, 0.05) is 5.02 Å². The molecule has 21 heavy (non-hydrogen) atoms. The van der Waals surface area contributed by atoms with Gasteiger partial charge < -0.3 is 21.5 Å². The Morgan fingerprint density at radius 3 is 2.67 bits per heavy atom. The summed E-state index contributed by atoms with van der Waals surface area (Å²) in [5, 5.41) is 15.1. The van der Waals surface area contributed by atoms with E-state index in [0.29, 0.717) is 35.2 Å². The lowest BCUT2D eigenvalue weighted by molar-refractivity contribution is -0.141. The van der Waals surface area contributed by atoms with Crippen LogP contribution in [-0.2, 0) is 9.59 Å². The molecule has 1 rings (SSSR count). The van der Waals surface area contributed by atoms with Crippen molar-refractivity contribution in [1.82, 2.24) is 5.32 Å². The molecule has 0 aromatic heterocycles. The highest BCUT2D eigenvalue weighted by Gasteiger charge is 2.20. The van der Waals surface area contributed by atoms with Gasteiger partial charge in [0.2, 0.25) is 5.91 Å². The van der Waals surface area contributed by atoms with Crippen molar-refractivity contribution >= 4 is 40.8 Å². The van der Waals surface area contributed by atoms with Crippen LogP contribution < -0.4 is 16.4 Å². The third kappa shape index (κ3) is 6.31. The maximum absolute atomic E-state index is 11.9. The molecule has 5 N–H and O–H groups in total. The molecule has 0 spiro atoms. The van der Waals surface area contributed by atoms with Crippen molar-refractivity contribution in [3.8, 4) is 0 Å². The normalized spacial score (nSPS) is 12.0. The topological polar surface area (TPSA) is 104 Å². The quantitative estimate of drug-likeness (QED) is 0.542. The lowest BCUT2D eigenvalue weighted by atomic mass is 10.2. The summed E-state index contributed by atoms with van der Waals surface area (Å²) in [5.41, 5.74) is 5.68. The van der Waals surface area contributed by atoms with E-state index >= 15 is 0 Å². The van der Waals surface area contributed by atoms with Crippen LogP contribution in [0, 0.1) is 0 Å². The van der Waals surface area contributed by atoms with Gasteiger partial charge in [0.15, 0.2) is 0 Å². The van der Waals surface area contributed by atoms with Crippen LogP contribution in [0.15, 0.2) is 18.2 Å². The van der Waals surface area contributed by atoms with Crippen LogP contribution >= 0.6 is 23.2 Å². The molecule has 1 amide bonds. The molecule has 0 aliphatic carbocycles. The van der Waals surface area contributed by atoms with Crippen molar-refractivity contribution in [2.24, 2.45) is 5.73 Å². The Morgan fingerprint density at radius 2 is 2.05 bits per heavy atom. The molecule has 1 aromatic carbocycles. The molecule has 0 saturated carbocycles. The number of carboxylic acid groups (broad SMARTS) is 1. The molecule has 0 heterocycles. The number of hydrogen-bond donors (Lipinski definition) is 4. The van der Waals surface area contributed by atoms with Crippen molar-refractivity contribution in [3.63, 3.8) is 0 Å².